The van der Waals surface area contributed by atoms with Crippen molar-refractivity contribution >= 4 is 11.6 Å². The molecule has 4 heteroatoms. The minimum absolute atomic E-state index is 0.107. The molecule has 0 N–H and O–H groups in total. The van der Waals surface area contributed by atoms with Gasteiger partial charge in [0.25, 0.3) is 0 Å². The van der Waals surface area contributed by atoms with Crippen LogP contribution >= 0.6 is 11.6 Å². The molecule has 0 spiro atoms. The highest BCUT2D eigenvalue weighted by Gasteiger charge is 2.53. The third-order valence-corrected chi connectivity index (χ3v) is 8.56. The predicted octanol–water partition coefficient (Wildman–Crippen LogP) is 5.05. The number of nitrogens with zero attached hydrogens (tertiary/aromatic N) is 2. The van der Waals surface area contributed by atoms with Crippen LogP contribution in [-0.2, 0) is 10.2 Å². The summed E-state index contributed by atoms with van der Waals surface area (Å²) in [5.74, 6) is 0.539. The van der Waals surface area contributed by atoms with Crippen LogP contribution in [0.4, 0.5) is 0 Å². The van der Waals surface area contributed by atoms with Crippen LogP contribution in [-0.4, -0.2) is 60.8 Å². The van der Waals surface area contributed by atoms with Crippen molar-refractivity contribution < 1.29 is 4.74 Å². The van der Waals surface area contributed by atoms with Crippen molar-refractivity contribution in [2.75, 3.05) is 32.7 Å². The molecule has 6 rings (SSSR count). The molecule has 2 bridgehead atoms. The van der Waals surface area contributed by atoms with Crippen LogP contribution in [0, 0.1) is 0 Å². The van der Waals surface area contributed by atoms with Crippen LogP contribution in [0.5, 0.6) is 0 Å². The molecule has 0 saturated carbocycles. The van der Waals surface area contributed by atoms with Gasteiger partial charge < -0.3 is 9.64 Å². The van der Waals surface area contributed by atoms with E-state index in [1.165, 1.54) is 43.5 Å². The topological polar surface area (TPSA) is 15.7 Å². The van der Waals surface area contributed by atoms with E-state index in [1.54, 1.807) is 11.1 Å². The third kappa shape index (κ3) is 3.28. The molecule has 4 atom stereocenters. The quantitative estimate of drug-likeness (QED) is 0.669. The first-order chi connectivity index (χ1) is 15.0. The fraction of sp³-hybridized carbons (Fsp3) is 0.556. The zero-order valence-electron chi connectivity index (χ0n) is 18.7. The molecule has 0 aromatic heterocycles. The lowest BCUT2D eigenvalue weighted by Crippen LogP contribution is -2.54. The minimum Gasteiger partial charge on any atom is -0.373 e. The lowest BCUT2D eigenvalue weighted by Gasteiger charge is -2.45. The van der Waals surface area contributed by atoms with Gasteiger partial charge in [-0.05, 0) is 80.6 Å². The van der Waals surface area contributed by atoms with Gasteiger partial charge >= 0.3 is 0 Å². The molecule has 2 aromatic rings. The monoisotopic (exact) mass is 436 g/mol. The Morgan fingerprint density at radius 1 is 0.968 bits per heavy atom. The number of likely N-dealkylation sites (tertiary alicyclic amines) is 1. The number of rotatable bonds is 3. The van der Waals surface area contributed by atoms with Crippen LogP contribution in [0.1, 0.15) is 61.3 Å². The average Bonchev–Trinajstić information content (AvgIpc) is 3.25. The van der Waals surface area contributed by atoms with E-state index in [0.717, 1.165) is 24.7 Å². The Labute approximate surface area is 191 Å². The zero-order valence-corrected chi connectivity index (χ0v) is 19.4. The molecule has 31 heavy (non-hydrogen) atoms. The van der Waals surface area contributed by atoms with Gasteiger partial charge in [0.05, 0.1) is 12.2 Å². The molecular formula is C27H33ClN2O. The zero-order chi connectivity index (χ0) is 21.2. The molecular weight excluding hydrogens is 404 g/mol. The Bertz CT molecular complexity index is 975. The van der Waals surface area contributed by atoms with E-state index in [4.69, 9.17) is 16.3 Å². The molecule has 2 aromatic carbocycles. The molecule has 2 heterocycles. The van der Waals surface area contributed by atoms with E-state index in [1.807, 2.05) is 0 Å². The lowest BCUT2D eigenvalue weighted by molar-refractivity contribution is -0.0866. The summed E-state index contributed by atoms with van der Waals surface area (Å²) in [6.45, 7) is 10.1. The van der Waals surface area contributed by atoms with Gasteiger partial charge in [0.1, 0.15) is 0 Å². The normalized spacial score (nSPS) is 33.5. The fourth-order valence-corrected chi connectivity index (χ4v) is 7.33. The Morgan fingerprint density at radius 3 is 2.45 bits per heavy atom. The summed E-state index contributed by atoms with van der Waals surface area (Å²) in [5, 5.41) is 0.873. The summed E-state index contributed by atoms with van der Waals surface area (Å²) < 4.78 is 5.96. The second-order valence-corrected chi connectivity index (χ2v) is 10.8. The number of fused-ring (bicyclic) bond motifs is 8. The van der Waals surface area contributed by atoms with Gasteiger partial charge in [0, 0.05) is 42.0 Å². The Morgan fingerprint density at radius 2 is 1.68 bits per heavy atom. The van der Waals surface area contributed by atoms with Crippen LogP contribution < -0.4 is 0 Å². The summed E-state index contributed by atoms with van der Waals surface area (Å²) in [4.78, 5) is 5.43. The molecule has 0 amide bonds. The molecule has 2 saturated heterocycles. The first kappa shape index (κ1) is 20.2. The molecule has 2 aliphatic carbocycles. The lowest BCUT2D eigenvalue weighted by atomic mass is 9.74. The highest BCUT2D eigenvalue weighted by Crippen LogP contribution is 2.60. The van der Waals surface area contributed by atoms with Gasteiger partial charge in [-0.15, -0.1) is 0 Å². The summed E-state index contributed by atoms with van der Waals surface area (Å²) in [6.07, 6.45) is 4.45. The van der Waals surface area contributed by atoms with Crippen molar-refractivity contribution in [2.45, 2.75) is 62.7 Å². The fourth-order valence-electron chi connectivity index (χ4n) is 7.16. The van der Waals surface area contributed by atoms with Crippen LogP contribution in [0.3, 0.4) is 0 Å². The predicted molar refractivity (Wildman–Crippen MR) is 126 cm³/mol. The van der Waals surface area contributed by atoms with Crippen molar-refractivity contribution in [3.05, 3.63) is 69.7 Å². The highest BCUT2D eigenvalue weighted by atomic mass is 35.5. The van der Waals surface area contributed by atoms with Gasteiger partial charge in [0.2, 0.25) is 0 Å². The molecule has 4 aliphatic rings. The van der Waals surface area contributed by atoms with E-state index < -0.39 is 0 Å². The number of hydrogen-bond donors (Lipinski definition) is 0. The highest BCUT2D eigenvalue weighted by molar-refractivity contribution is 6.30. The van der Waals surface area contributed by atoms with Gasteiger partial charge in [-0.2, -0.15) is 0 Å². The number of halogens is 1. The van der Waals surface area contributed by atoms with Crippen molar-refractivity contribution in [2.24, 2.45) is 0 Å². The molecule has 3 nitrogen and oxygen atoms in total. The smallest absolute Gasteiger partial charge is 0.0678 e. The number of benzene rings is 2. The molecule has 164 valence electrons. The first-order valence-corrected chi connectivity index (χ1v) is 12.4. The van der Waals surface area contributed by atoms with Crippen LogP contribution in [0.25, 0.3) is 0 Å². The van der Waals surface area contributed by atoms with Gasteiger partial charge in [-0.1, -0.05) is 41.9 Å². The summed E-state index contributed by atoms with van der Waals surface area (Å²) in [6, 6.07) is 16.5. The maximum Gasteiger partial charge on any atom is 0.0678 e. The SMILES string of the molecule is C[C@@H]1CN(C2CCN(CC34CC(c5ccccc53)c3ccc(Cl)cc34)CC2)C[C@@H](C)O1. The number of morpholine rings is 1. The van der Waals surface area contributed by atoms with E-state index in [9.17, 15) is 0 Å². The molecule has 2 aliphatic heterocycles. The van der Waals surface area contributed by atoms with Crippen molar-refractivity contribution in [3.8, 4) is 0 Å². The first-order valence-electron chi connectivity index (χ1n) is 12.0. The number of ether oxygens (including phenoxy) is 1. The summed E-state index contributed by atoms with van der Waals surface area (Å²) >= 11 is 6.49. The van der Waals surface area contributed by atoms with E-state index in [2.05, 4.69) is 66.1 Å². The summed E-state index contributed by atoms with van der Waals surface area (Å²) in [5.41, 5.74) is 6.20. The van der Waals surface area contributed by atoms with Gasteiger partial charge in [-0.25, -0.2) is 0 Å². The largest absolute Gasteiger partial charge is 0.373 e. The van der Waals surface area contributed by atoms with Crippen molar-refractivity contribution in [1.82, 2.24) is 9.80 Å². The molecule has 2 unspecified atom stereocenters. The number of hydrogen-bond acceptors (Lipinski definition) is 3. The maximum absolute atomic E-state index is 6.49. The average molecular weight is 437 g/mol. The second-order valence-electron chi connectivity index (χ2n) is 10.4. The van der Waals surface area contributed by atoms with Crippen molar-refractivity contribution in [3.63, 3.8) is 0 Å². The van der Waals surface area contributed by atoms with Crippen LogP contribution in [0.2, 0.25) is 5.02 Å². The minimum atomic E-state index is 0.107. The van der Waals surface area contributed by atoms with E-state index >= 15 is 0 Å². The molecule has 0 radical (unpaired) electrons. The van der Waals surface area contributed by atoms with Crippen LogP contribution in [0.15, 0.2) is 42.5 Å². The number of piperidine rings is 1. The Hall–Kier alpha value is -1.39. The third-order valence-electron chi connectivity index (χ3n) is 8.33. The van der Waals surface area contributed by atoms with E-state index in [-0.39, 0.29) is 5.41 Å². The van der Waals surface area contributed by atoms with E-state index in [0.29, 0.717) is 24.2 Å². The summed E-state index contributed by atoms with van der Waals surface area (Å²) in [7, 11) is 0. The van der Waals surface area contributed by atoms with Crippen molar-refractivity contribution in [1.29, 1.82) is 0 Å². The maximum atomic E-state index is 6.49. The van der Waals surface area contributed by atoms with Gasteiger partial charge in [-0.3, -0.25) is 4.90 Å². The Balaban J connectivity index is 1.23. The van der Waals surface area contributed by atoms with Gasteiger partial charge in [0.15, 0.2) is 0 Å². The second kappa shape index (κ2) is 7.59. The standard InChI is InChI=1S/C27H33ClN2O/c1-18-15-30(16-19(2)31-18)21-9-11-29(12-10-21)17-27-14-24(22-5-3-4-6-25(22)27)23-8-7-20(28)13-26(23)27/h3-8,13,18-19,21,24H,9-12,14-17H2,1-2H3/t18-,19-,24?,27?/m1/s1. The Kier molecular flexibility index (Phi) is 4.95. The molecule has 2 fully saturated rings.